The van der Waals surface area contributed by atoms with Gasteiger partial charge in [-0.05, 0) is 59.2 Å². The maximum absolute atomic E-state index is 12.5. The van der Waals surface area contributed by atoms with E-state index in [0.717, 1.165) is 28.5 Å². The largest absolute Gasteiger partial charge is 0.398 e. The Kier molecular flexibility index (Phi) is 8.56. The number of carbonyl (C=O) groups is 1. The average molecular weight is 680 g/mol. The van der Waals surface area contributed by atoms with Crippen molar-refractivity contribution in [3.63, 3.8) is 0 Å². The number of nitrogens with one attached hydrogen (secondary N) is 1. The molecule has 240 valence electrons. The number of hydrazone groups is 1. The first-order chi connectivity index (χ1) is 22.9. The zero-order chi connectivity index (χ0) is 34.1. The van der Waals surface area contributed by atoms with Crippen LogP contribution in [-0.2, 0) is 25.0 Å². The molecule has 0 unspecified atom stereocenters. The number of ketones is 1. The monoisotopic (exact) mass is 679 g/mol. The highest BCUT2D eigenvalue weighted by molar-refractivity contribution is 7.90. The number of hydrogen-bond acceptors (Lipinski definition) is 10. The summed E-state index contributed by atoms with van der Waals surface area (Å²) in [5.74, 6) is -0.380. The number of nitrogen functional groups attached to an aromatic ring is 1. The Morgan fingerprint density at radius 3 is 1.96 bits per heavy atom. The number of hydrogen-bond donors (Lipinski definition) is 4. The molecule has 14 heteroatoms. The van der Waals surface area contributed by atoms with Crippen molar-refractivity contribution >= 4 is 71.4 Å². The van der Waals surface area contributed by atoms with Gasteiger partial charge in [-0.15, -0.1) is 5.10 Å². The highest BCUT2D eigenvalue weighted by Crippen LogP contribution is 2.29. The van der Waals surface area contributed by atoms with Gasteiger partial charge in [0.05, 0.1) is 17.1 Å². The van der Waals surface area contributed by atoms with Gasteiger partial charge in [0.2, 0.25) is 5.78 Å². The van der Waals surface area contributed by atoms with Gasteiger partial charge in [0.15, 0.2) is 0 Å². The zero-order valence-corrected chi connectivity index (χ0v) is 26.4. The minimum absolute atomic E-state index is 0.0124. The van der Waals surface area contributed by atoms with Gasteiger partial charge in [-0.1, -0.05) is 78.9 Å². The Hall–Kier alpha value is -5.80. The standard InChI is InChI=1S/C34H25N5O7S2/c35-29-16-17-30(28-8-4-3-7-27(28)29)38-36-24-14-11-22(32(19-24)47(41,42)43)9-10-23-12-15-25(20-33(23)48(44,45)46)37-39-34-26-6-2-1-5-21(26)13-18-31(34)40/h1-20,38H,35H2,(H,41,42,43)(H,44,45,46). The molecule has 0 amide bonds. The van der Waals surface area contributed by atoms with Crippen molar-refractivity contribution < 1.29 is 30.7 Å². The van der Waals surface area contributed by atoms with Crippen molar-refractivity contribution in [1.82, 2.24) is 0 Å². The van der Waals surface area contributed by atoms with Crippen LogP contribution in [0.15, 0.2) is 152 Å². The van der Waals surface area contributed by atoms with Gasteiger partial charge in [-0.25, -0.2) is 0 Å². The van der Waals surface area contributed by atoms with Gasteiger partial charge >= 0.3 is 0 Å². The lowest BCUT2D eigenvalue weighted by Crippen LogP contribution is -2.17. The summed E-state index contributed by atoms with van der Waals surface area (Å²) in [6.45, 7) is 0. The molecule has 3 aliphatic rings. The van der Waals surface area contributed by atoms with Crippen LogP contribution in [0, 0.1) is 0 Å². The molecule has 0 bridgehead atoms. The second kappa shape index (κ2) is 12.8. The van der Waals surface area contributed by atoms with E-state index in [1.807, 2.05) is 30.3 Å². The molecule has 3 aromatic carbocycles. The molecule has 0 saturated heterocycles. The molecule has 0 saturated carbocycles. The number of anilines is 2. The quantitative estimate of drug-likeness (QED) is 0.154. The van der Waals surface area contributed by atoms with Crippen LogP contribution in [0.3, 0.4) is 0 Å². The summed E-state index contributed by atoms with van der Waals surface area (Å²) in [5.41, 5.74) is 11.7. The predicted molar refractivity (Wildman–Crippen MR) is 188 cm³/mol. The summed E-state index contributed by atoms with van der Waals surface area (Å²) >= 11 is 0. The maximum Gasteiger partial charge on any atom is 0.295 e. The highest BCUT2D eigenvalue weighted by Gasteiger charge is 2.24. The molecule has 3 aromatic rings. The molecule has 48 heavy (non-hydrogen) atoms. The van der Waals surface area contributed by atoms with Crippen molar-refractivity contribution in [2.24, 2.45) is 15.3 Å². The SMILES string of the molecule is Nc1ccc(NN=C2C=CC(=CC=C3C=CC(=NN=C4C(=O)C=Cc5ccccc54)C=C3S(=O)(=O)O)C(S(=O)(=O)O)=C2)c2ccccc12. The fourth-order valence-corrected chi connectivity index (χ4v) is 6.48. The van der Waals surface area contributed by atoms with Gasteiger partial charge < -0.3 is 5.73 Å². The molecule has 0 atom stereocenters. The van der Waals surface area contributed by atoms with Crippen molar-refractivity contribution in [2.45, 2.75) is 0 Å². The van der Waals surface area contributed by atoms with Crippen LogP contribution in [0.2, 0.25) is 0 Å². The Balaban J connectivity index is 1.30. The molecule has 0 aromatic heterocycles. The molecule has 0 aliphatic heterocycles. The van der Waals surface area contributed by atoms with Crippen LogP contribution in [0.5, 0.6) is 0 Å². The molecule has 0 fully saturated rings. The normalized spacial score (nSPS) is 20.5. The number of carbonyl (C=O) groups excluding carboxylic acids is 1. The maximum atomic E-state index is 12.5. The van der Waals surface area contributed by atoms with E-state index >= 15 is 0 Å². The van der Waals surface area contributed by atoms with Crippen molar-refractivity contribution in [3.8, 4) is 0 Å². The summed E-state index contributed by atoms with van der Waals surface area (Å²) in [4.78, 5) is 11.4. The van der Waals surface area contributed by atoms with Crippen molar-refractivity contribution in [2.75, 3.05) is 11.2 Å². The van der Waals surface area contributed by atoms with E-state index in [-0.39, 0.29) is 34.1 Å². The summed E-state index contributed by atoms with van der Waals surface area (Å²) in [6, 6.07) is 17.9. The van der Waals surface area contributed by atoms with Gasteiger partial charge in [0, 0.05) is 22.0 Å². The summed E-state index contributed by atoms with van der Waals surface area (Å²) < 4.78 is 69.3. The third kappa shape index (κ3) is 6.82. The minimum atomic E-state index is -4.80. The van der Waals surface area contributed by atoms with E-state index in [1.54, 1.807) is 36.4 Å². The van der Waals surface area contributed by atoms with Crippen molar-refractivity contribution in [1.29, 1.82) is 0 Å². The first kappa shape index (κ1) is 32.2. The van der Waals surface area contributed by atoms with Gasteiger partial charge in [-0.2, -0.15) is 27.0 Å². The number of nitrogens with zero attached hydrogens (tertiary/aromatic N) is 3. The molecule has 5 N–H and O–H groups in total. The fraction of sp³-hybridized carbons (Fsp3) is 0. The van der Waals surface area contributed by atoms with Gasteiger partial charge in [0.25, 0.3) is 20.2 Å². The molecule has 6 rings (SSSR count). The Morgan fingerprint density at radius 1 is 0.667 bits per heavy atom. The van der Waals surface area contributed by atoms with Crippen LogP contribution < -0.4 is 11.2 Å². The van der Waals surface area contributed by atoms with Crippen LogP contribution in [-0.4, -0.2) is 48.9 Å². The molecule has 12 nitrogen and oxygen atoms in total. The third-order valence-electron chi connectivity index (χ3n) is 7.38. The van der Waals surface area contributed by atoms with Gasteiger partial charge in [0.1, 0.15) is 15.5 Å². The molecule has 0 radical (unpaired) electrons. The van der Waals surface area contributed by atoms with Crippen molar-refractivity contribution in [3.05, 3.63) is 147 Å². The average Bonchev–Trinajstić information content (AvgIpc) is 3.06. The second-order valence-corrected chi connectivity index (χ2v) is 13.3. The lowest BCUT2D eigenvalue weighted by Gasteiger charge is -2.13. The summed E-state index contributed by atoms with van der Waals surface area (Å²) in [6.07, 6.45) is 13.3. The van der Waals surface area contributed by atoms with E-state index in [4.69, 9.17) is 5.73 Å². The van der Waals surface area contributed by atoms with E-state index < -0.39 is 30.0 Å². The van der Waals surface area contributed by atoms with E-state index in [1.165, 1.54) is 42.5 Å². The smallest absolute Gasteiger partial charge is 0.295 e. The van der Waals surface area contributed by atoms with E-state index in [9.17, 15) is 30.7 Å². The lowest BCUT2D eigenvalue weighted by molar-refractivity contribution is -0.108. The third-order valence-corrected chi connectivity index (χ3v) is 9.20. The number of fused-ring (bicyclic) bond motifs is 2. The van der Waals surface area contributed by atoms with Crippen LogP contribution >= 0.6 is 0 Å². The number of benzene rings is 3. The van der Waals surface area contributed by atoms with E-state index in [2.05, 4.69) is 20.7 Å². The summed E-state index contributed by atoms with van der Waals surface area (Å²) in [7, 11) is -9.55. The minimum Gasteiger partial charge on any atom is -0.398 e. The first-order valence-electron chi connectivity index (χ1n) is 14.1. The second-order valence-electron chi connectivity index (χ2n) is 10.5. The van der Waals surface area contributed by atoms with Crippen LogP contribution in [0.25, 0.3) is 16.8 Å². The lowest BCUT2D eigenvalue weighted by atomic mass is 9.95. The molecule has 0 heterocycles. The number of nitrogens with two attached hydrogens (primary N) is 1. The molecule has 0 spiro atoms. The predicted octanol–water partition coefficient (Wildman–Crippen LogP) is 5.17. The Morgan fingerprint density at radius 2 is 1.27 bits per heavy atom. The van der Waals surface area contributed by atoms with Crippen LogP contribution in [0.4, 0.5) is 11.4 Å². The molecular weight excluding hydrogens is 655 g/mol. The zero-order valence-electron chi connectivity index (χ0n) is 24.7. The highest BCUT2D eigenvalue weighted by atomic mass is 32.2. The topological polar surface area (TPSA) is 201 Å². The molecule has 3 aliphatic carbocycles. The Labute approximate surface area is 275 Å². The number of rotatable bonds is 6. The Bertz CT molecular complexity index is 2440. The number of allylic oxidation sites excluding steroid dienone is 11. The fourth-order valence-electron chi connectivity index (χ4n) is 5.07. The first-order valence-corrected chi connectivity index (χ1v) is 17.0. The summed E-state index contributed by atoms with van der Waals surface area (Å²) in [5, 5.41) is 13.9. The van der Waals surface area contributed by atoms with Gasteiger partial charge in [-0.3, -0.25) is 19.3 Å². The van der Waals surface area contributed by atoms with E-state index in [0.29, 0.717) is 16.9 Å². The van der Waals surface area contributed by atoms with Crippen LogP contribution in [0.1, 0.15) is 11.1 Å². The molecular formula is C34H25N5O7S2.